The largest absolute Gasteiger partial charge is 0.504 e. The minimum Gasteiger partial charge on any atom is -0.504 e. The molecular weight excluding hydrogens is 598 g/mol. The number of anilines is 1. The lowest BCUT2D eigenvalue weighted by molar-refractivity contribution is -0.00705. The summed E-state index contributed by atoms with van der Waals surface area (Å²) in [6, 6.07) is 13.9. The van der Waals surface area contributed by atoms with Gasteiger partial charge in [-0.3, -0.25) is 0 Å². The van der Waals surface area contributed by atoms with Crippen molar-refractivity contribution in [2.45, 2.75) is 113 Å². The molecule has 3 aliphatic carbocycles. The highest BCUT2D eigenvalue weighted by atomic mass is 16.5. The Hall–Kier alpha value is -3.73. The van der Waals surface area contributed by atoms with E-state index in [9.17, 15) is 15.3 Å². The maximum Gasteiger partial charge on any atom is 0.161 e. The van der Waals surface area contributed by atoms with Crippen molar-refractivity contribution in [1.29, 1.82) is 0 Å². The molecule has 0 saturated heterocycles. The Morgan fingerprint density at radius 3 is 2.60 bits per heavy atom. The normalized spacial score (nSPS) is 27.9. The van der Waals surface area contributed by atoms with Gasteiger partial charge in [0.1, 0.15) is 5.82 Å². The van der Waals surface area contributed by atoms with Gasteiger partial charge in [-0.15, -0.1) is 0 Å². The lowest BCUT2D eigenvalue weighted by Crippen LogP contribution is -2.37. The topological polar surface area (TPSA) is 125 Å². The second-order valence-electron chi connectivity index (χ2n) is 14.4. The number of hydrogen-bond acceptors (Lipinski definition) is 6. The van der Waals surface area contributed by atoms with Crippen LogP contribution < -0.4 is 10.5 Å². The highest BCUT2D eigenvalue weighted by Gasteiger charge is 2.43. The third-order valence-corrected chi connectivity index (χ3v) is 11.4. The highest BCUT2D eigenvalue weighted by Crippen LogP contribution is 2.50. The van der Waals surface area contributed by atoms with Crippen LogP contribution in [-0.2, 0) is 5.41 Å². The molecule has 0 amide bonds. The van der Waals surface area contributed by atoms with E-state index in [2.05, 4.69) is 59.1 Å². The smallest absolute Gasteiger partial charge is 0.161 e. The lowest BCUT2D eigenvalue weighted by Gasteiger charge is -2.44. The van der Waals surface area contributed by atoms with E-state index in [1.54, 1.807) is 12.3 Å². The Morgan fingerprint density at radius 2 is 1.83 bits per heavy atom. The standard InChI is InChI=1S/C41H53N3O4/c1-2-28-9-4-5-10-35(46)40-29(13-12-28)14-15-30(25-36(40)47)31-16-17-34(45)37(26-31)48-24-19-33(32-18-23-44-39(42)27-32)41(20-6-3-7-21-41)38-11-8-22-43-38/h8,11,14-18,22-23,26-30,33,35-36,40,43,45-47H,2-7,9-10,19-21,24-25H2,1H3,(H2,42,44). The molecular formula is C41H53N3O4. The van der Waals surface area contributed by atoms with E-state index >= 15 is 0 Å². The number of nitrogens with one attached hydrogen (secondary N) is 1. The first-order valence-corrected chi connectivity index (χ1v) is 18.2. The number of allylic oxidation sites excluding steroid dienone is 2. The van der Waals surface area contributed by atoms with Crippen molar-refractivity contribution in [2.24, 2.45) is 17.8 Å². The van der Waals surface area contributed by atoms with Gasteiger partial charge in [0.15, 0.2) is 11.5 Å². The molecule has 0 bridgehead atoms. The van der Waals surface area contributed by atoms with Crippen molar-refractivity contribution in [3.8, 4) is 23.3 Å². The van der Waals surface area contributed by atoms with Crippen LogP contribution in [-0.4, -0.2) is 44.1 Å². The van der Waals surface area contributed by atoms with E-state index < -0.39 is 12.2 Å². The van der Waals surface area contributed by atoms with Crippen molar-refractivity contribution in [3.05, 3.63) is 83.8 Å². The third-order valence-electron chi connectivity index (χ3n) is 11.4. The number of aromatic amines is 1. The predicted molar refractivity (Wildman–Crippen MR) is 191 cm³/mol. The summed E-state index contributed by atoms with van der Waals surface area (Å²) in [5.41, 5.74) is 9.50. The molecule has 3 aromatic rings. The monoisotopic (exact) mass is 651 g/mol. The van der Waals surface area contributed by atoms with E-state index in [-0.39, 0.29) is 34.8 Å². The number of nitrogens with two attached hydrogens (primary N) is 1. The Balaban J connectivity index is 1.22. The summed E-state index contributed by atoms with van der Waals surface area (Å²) in [6.45, 7) is 2.60. The lowest BCUT2D eigenvalue weighted by atomic mass is 9.61. The fraction of sp³-hybridized carbons (Fsp3) is 0.537. The molecule has 2 aromatic heterocycles. The zero-order valence-electron chi connectivity index (χ0n) is 28.4. The van der Waals surface area contributed by atoms with Crippen LogP contribution in [0.4, 0.5) is 5.82 Å². The molecule has 6 N–H and O–H groups in total. The Labute approximate surface area is 286 Å². The first kappa shape index (κ1) is 34.1. The quantitative estimate of drug-likeness (QED) is 0.119. The molecule has 1 saturated carbocycles. The predicted octanol–water partition coefficient (Wildman–Crippen LogP) is 7.75. The van der Waals surface area contributed by atoms with Gasteiger partial charge in [-0.05, 0) is 98.4 Å². The molecule has 1 aromatic carbocycles. The van der Waals surface area contributed by atoms with Gasteiger partial charge in [-0.25, -0.2) is 4.98 Å². The average molecular weight is 652 g/mol. The number of ether oxygens (including phenoxy) is 1. The summed E-state index contributed by atoms with van der Waals surface area (Å²) in [5.74, 6) is 7.85. The molecule has 3 aliphatic rings. The van der Waals surface area contributed by atoms with Crippen LogP contribution in [0.5, 0.6) is 11.5 Å². The number of hydrogen-bond donors (Lipinski definition) is 5. The van der Waals surface area contributed by atoms with Crippen LogP contribution in [0, 0.1) is 29.6 Å². The molecule has 7 nitrogen and oxygen atoms in total. The number of fused-ring (bicyclic) bond motifs is 1. The highest BCUT2D eigenvalue weighted by molar-refractivity contribution is 5.44. The van der Waals surface area contributed by atoms with Crippen molar-refractivity contribution in [1.82, 2.24) is 9.97 Å². The molecule has 256 valence electrons. The van der Waals surface area contributed by atoms with Gasteiger partial charge in [-0.1, -0.05) is 69.1 Å². The molecule has 6 rings (SSSR count). The summed E-state index contributed by atoms with van der Waals surface area (Å²) in [6.07, 6.45) is 18.5. The van der Waals surface area contributed by atoms with E-state index in [4.69, 9.17) is 10.5 Å². The van der Waals surface area contributed by atoms with E-state index in [1.807, 2.05) is 24.4 Å². The van der Waals surface area contributed by atoms with E-state index in [1.165, 1.54) is 25.0 Å². The maximum atomic E-state index is 11.5. The summed E-state index contributed by atoms with van der Waals surface area (Å²) < 4.78 is 6.40. The van der Waals surface area contributed by atoms with Crippen molar-refractivity contribution < 1.29 is 20.1 Å². The number of H-pyrrole nitrogens is 1. The number of rotatable bonds is 9. The second-order valence-corrected chi connectivity index (χ2v) is 14.4. The first-order valence-electron chi connectivity index (χ1n) is 18.2. The second kappa shape index (κ2) is 15.7. The van der Waals surface area contributed by atoms with Crippen molar-refractivity contribution in [2.75, 3.05) is 12.3 Å². The molecule has 7 unspecified atom stereocenters. The summed E-state index contributed by atoms with van der Waals surface area (Å²) in [7, 11) is 0. The number of phenols is 1. The van der Waals surface area contributed by atoms with Crippen LogP contribution in [0.2, 0.25) is 0 Å². The summed E-state index contributed by atoms with van der Waals surface area (Å²) in [4.78, 5) is 7.81. The van der Waals surface area contributed by atoms with Crippen LogP contribution in [0.3, 0.4) is 0 Å². The van der Waals surface area contributed by atoms with Gasteiger partial charge >= 0.3 is 0 Å². The van der Waals surface area contributed by atoms with Crippen molar-refractivity contribution >= 4 is 5.82 Å². The molecule has 1 fully saturated rings. The third kappa shape index (κ3) is 7.61. The van der Waals surface area contributed by atoms with Crippen LogP contribution >= 0.6 is 0 Å². The maximum absolute atomic E-state index is 11.5. The molecule has 7 atom stereocenters. The van der Waals surface area contributed by atoms with Gasteiger partial charge in [0.25, 0.3) is 0 Å². The average Bonchev–Trinajstić information content (AvgIpc) is 3.59. The number of benzene rings is 1. The zero-order valence-corrected chi connectivity index (χ0v) is 28.4. The van der Waals surface area contributed by atoms with Gasteiger partial charge in [0, 0.05) is 47.2 Å². The van der Waals surface area contributed by atoms with Gasteiger partial charge in [0.05, 0.1) is 18.8 Å². The summed E-state index contributed by atoms with van der Waals surface area (Å²) in [5, 5.41) is 33.6. The molecule has 7 heteroatoms. The van der Waals surface area contributed by atoms with Gasteiger partial charge < -0.3 is 30.8 Å². The number of aliphatic hydroxyl groups is 2. The number of nitrogen functional groups attached to an aromatic ring is 1. The number of nitrogens with zero attached hydrogens (tertiary/aromatic N) is 1. The molecule has 0 aliphatic heterocycles. The SMILES string of the molecule is CCC1C#CC2C=CC(c3ccc(O)c(OCCC(c4ccnc(N)c4)C4(c5ccc[nH]5)CCCCC4)c3)CC(O)C2C(O)CCCC1. The molecule has 0 spiro atoms. The number of pyridine rings is 1. The Bertz CT molecular complexity index is 1570. The van der Waals surface area contributed by atoms with E-state index in [0.29, 0.717) is 36.9 Å². The zero-order chi connectivity index (χ0) is 33.5. The molecule has 0 radical (unpaired) electrons. The van der Waals surface area contributed by atoms with Crippen LogP contribution in [0.15, 0.2) is 67.0 Å². The summed E-state index contributed by atoms with van der Waals surface area (Å²) >= 11 is 0. The minimum atomic E-state index is -0.704. The number of aromatic nitrogens is 2. The van der Waals surface area contributed by atoms with Crippen molar-refractivity contribution in [3.63, 3.8) is 0 Å². The van der Waals surface area contributed by atoms with Crippen LogP contribution in [0.25, 0.3) is 0 Å². The number of aliphatic hydroxyl groups excluding tert-OH is 2. The fourth-order valence-electron chi connectivity index (χ4n) is 8.77. The van der Waals surface area contributed by atoms with Gasteiger partial charge in [-0.2, -0.15) is 0 Å². The number of aromatic hydroxyl groups is 1. The van der Waals surface area contributed by atoms with E-state index in [0.717, 1.165) is 56.1 Å². The first-order chi connectivity index (χ1) is 23.4. The molecule has 2 heterocycles. The number of phenolic OH excluding ortho intramolecular Hbond substituents is 1. The molecule has 48 heavy (non-hydrogen) atoms. The Morgan fingerprint density at radius 1 is 1.00 bits per heavy atom. The van der Waals surface area contributed by atoms with Gasteiger partial charge in [0.2, 0.25) is 0 Å². The van der Waals surface area contributed by atoms with Crippen LogP contribution in [0.1, 0.15) is 113 Å². The minimum absolute atomic E-state index is 0.0682. The fourth-order valence-corrected chi connectivity index (χ4v) is 8.77. The Kier molecular flexibility index (Phi) is 11.1.